The van der Waals surface area contributed by atoms with Crippen LogP contribution in [-0.2, 0) is 6.42 Å². The Bertz CT molecular complexity index is 1600. The zero-order chi connectivity index (χ0) is 25.0. The van der Waals surface area contributed by atoms with Crippen LogP contribution in [0.5, 0.6) is 0 Å². The van der Waals surface area contributed by atoms with Crippen molar-refractivity contribution in [2.24, 2.45) is 0 Å². The predicted molar refractivity (Wildman–Crippen MR) is 150 cm³/mol. The van der Waals surface area contributed by atoms with Gasteiger partial charge in [-0.2, -0.15) is 0 Å². The van der Waals surface area contributed by atoms with Gasteiger partial charge in [-0.25, -0.2) is 4.39 Å². The molecule has 5 aromatic carbocycles. The van der Waals surface area contributed by atoms with Crippen molar-refractivity contribution in [2.75, 3.05) is 0 Å². The molecule has 0 bridgehead atoms. The molecule has 0 N–H and O–H groups in total. The van der Waals surface area contributed by atoms with Gasteiger partial charge in [-0.15, -0.1) is 0 Å². The van der Waals surface area contributed by atoms with Gasteiger partial charge in [-0.05, 0) is 108 Å². The summed E-state index contributed by atoms with van der Waals surface area (Å²) in [4.78, 5) is 0. The first kappa shape index (κ1) is 22.5. The van der Waals surface area contributed by atoms with Gasteiger partial charge in [0, 0.05) is 0 Å². The Hall–Kier alpha value is -3.97. The Kier molecular flexibility index (Phi) is 5.38. The van der Waals surface area contributed by atoms with Crippen LogP contribution in [0.1, 0.15) is 33.4 Å². The van der Waals surface area contributed by atoms with E-state index >= 15 is 0 Å². The van der Waals surface area contributed by atoms with Crippen molar-refractivity contribution in [3.05, 3.63) is 130 Å². The van der Waals surface area contributed by atoms with Crippen LogP contribution in [0.25, 0.3) is 44.5 Å². The normalized spacial score (nSPS) is 11.9. The lowest BCUT2D eigenvalue weighted by atomic mass is 9.81. The first-order valence-electron chi connectivity index (χ1n) is 12.6. The average molecular weight is 469 g/mol. The smallest absolute Gasteiger partial charge is 0.123 e. The zero-order valence-corrected chi connectivity index (χ0v) is 21.2. The van der Waals surface area contributed by atoms with E-state index in [1.54, 1.807) is 12.1 Å². The molecule has 0 aromatic heterocycles. The van der Waals surface area contributed by atoms with E-state index in [0.29, 0.717) is 0 Å². The molecule has 6 rings (SSSR count). The molecule has 0 saturated heterocycles. The molecule has 0 spiro atoms. The minimum atomic E-state index is -0.211. The van der Waals surface area contributed by atoms with Crippen molar-refractivity contribution in [2.45, 2.75) is 34.1 Å². The van der Waals surface area contributed by atoms with Crippen LogP contribution in [0.3, 0.4) is 0 Å². The Morgan fingerprint density at radius 1 is 0.500 bits per heavy atom. The van der Waals surface area contributed by atoms with E-state index in [1.165, 1.54) is 72.3 Å². The zero-order valence-electron chi connectivity index (χ0n) is 21.2. The summed E-state index contributed by atoms with van der Waals surface area (Å²) in [6.07, 6.45) is 0.878. The van der Waals surface area contributed by atoms with Gasteiger partial charge in [-0.3, -0.25) is 0 Å². The van der Waals surface area contributed by atoms with Crippen molar-refractivity contribution in [1.29, 1.82) is 0 Å². The SMILES string of the molecule is Cc1cc(C)cc(-c2cc3c(c(-c4ccc(F)cc4)c2-c2cc(C)cc(C)c2)Cc2ccccc2-3)c1. The fraction of sp³-hybridized carbons (Fsp3) is 0.143. The summed E-state index contributed by atoms with van der Waals surface area (Å²) < 4.78 is 14.1. The molecule has 5 aromatic rings. The lowest BCUT2D eigenvalue weighted by Crippen LogP contribution is -1.98. The van der Waals surface area contributed by atoms with Crippen LogP contribution in [0, 0.1) is 33.5 Å². The van der Waals surface area contributed by atoms with Gasteiger partial charge < -0.3 is 0 Å². The highest BCUT2D eigenvalue weighted by molar-refractivity contribution is 6.02. The molecule has 1 heteroatoms. The second-order valence-electron chi connectivity index (χ2n) is 10.3. The number of halogens is 1. The number of benzene rings is 5. The number of aryl methyl sites for hydroxylation is 4. The van der Waals surface area contributed by atoms with Crippen LogP contribution in [0.4, 0.5) is 4.39 Å². The molecule has 0 amide bonds. The highest BCUT2D eigenvalue weighted by Crippen LogP contribution is 2.50. The first-order chi connectivity index (χ1) is 17.4. The summed E-state index contributed by atoms with van der Waals surface area (Å²) >= 11 is 0. The van der Waals surface area contributed by atoms with Crippen LogP contribution in [-0.4, -0.2) is 0 Å². The molecule has 1 aliphatic carbocycles. The Balaban J connectivity index is 1.79. The minimum Gasteiger partial charge on any atom is -0.207 e. The molecule has 0 heterocycles. The van der Waals surface area contributed by atoms with Crippen LogP contribution in [0.2, 0.25) is 0 Å². The average Bonchev–Trinajstić information content (AvgIpc) is 3.21. The van der Waals surface area contributed by atoms with Gasteiger partial charge in [0.15, 0.2) is 0 Å². The van der Waals surface area contributed by atoms with E-state index in [-0.39, 0.29) is 5.82 Å². The Labute approximate surface area is 213 Å². The summed E-state index contributed by atoms with van der Waals surface area (Å²) in [5, 5.41) is 0. The number of hydrogen-bond acceptors (Lipinski definition) is 0. The quantitative estimate of drug-likeness (QED) is 0.242. The van der Waals surface area contributed by atoms with Gasteiger partial charge in [0.05, 0.1) is 0 Å². The van der Waals surface area contributed by atoms with E-state index in [1.807, 2.05) is 12.1 Å². The largest absolute Gasteiger partial charge is 0.207 e. The molecule has 0 unspecified atom stereocenters. The molecule has 0 atom stereocenters. The Morgan fingerprint density at radius 2 is 1.08 bits per heavy atom. The third-order valence-corrected chi connectivity index (χ3v) is 7.29. The molecule has 0 radical (unpaired) electrons. The van der Waals surface area contributed by atoms with Gasteiger partial charge in [0.2, 0.25) is 0 Å². The van der Waals surface area contributed by atoms with Crippen molar-refractivity contribution < 1.29 is 4.39 Å². The van der Waals surface area contributed by atoms with Crippen molar-refractivity contribution in [3.8, 4) is 44.5 Å². The summed E-state index contributed by atoms with van der Waals surface area (Å²) in [6.45, 7) is 8.65. The first-order valence-corrected chi connectivity index (χ1v) is 12.6. The highest BCUT2D eigenvalue weighted by atomic mass is 19.1. The van der Waals surface area contributed by atoms with Crippen molar-refractivity contribution in [3.63, 3.8) is 0 Å². The second kappa shape index (κ2) is 8.60. The maximum atomic E-state index is 14.1. The molecule has 1 aliphatic rings. The lowest BCUT2D eigenvalue weighted by molar-refractivity contribution is 0.628. The summed E-state index contributed by atoms with van der Waals surface area (Å²) in [6, 6.07) is 31.7. The number of rotatable bonds is 3. The van der Waals surface area contributed by atoms with Crippen molar-refractivity contribution >= 4 is 0 Å². The molecular formula is C35H29F. The fourth-order valence-corrected chi connectivity index (χ4v) is 5.99. The molecule has 36 heavy (non-hydrogen) atoms. The van der Waals surface area contributed by atoms with Gasteiger partial charge in [0.1, 0.15) is 5.82 Å². The lowest BCUT2D eigenvalue weighted by Gasteiger charge is -2.22. The standard InChI is InChI=1S/C35H29F/c1-21-13-22(2)16-27(15-21)31-20-32-30-8-6-5-7-26(30)19-33(32)34(25-9-11-29(36)12-10-25)35(31)28-17-23(3)14-24(4)18-28/h5-18,20H,19H2,1-4H3. The highest BCUT2D eigenvalue weighted by Gasteiger charge is 2.27. The Morgan fingerprint density at radius 3 is 1.72 bits per heavy atom. The number of fused-ring (bicyclic) bond motifs is 3. The monoisotopic (exact) mass is 468 g/mol. The predicted octanol–water partition coefficient (Wildman–Crippen LogP) is 9.63. The molecule has 0 saturated carbocycles. The number of hydrogen-bond donors (Lipinski definition) is 0. The van der Waals surface area contributed by atoms with Gasteiger partial charge >= 0.3 is 0 Å². The van der Waals surface area contributed by atoms with Gasteiger partial charge in [0.25, 0.3) is 0 Å². The van der Waals surface area contributed by atoms with E-state index in [0.717, 1.165) is 12.0 Å². The third kappa shape index (κ3) is 3.85. The maximum absolute atomic E-state index is 14.1. The summed E-state index contributed by atoms with van der Waals surface area (Å²) in [7, 11) is 0. The van der Waals surface area contributed by atoms with Crippen LogP contribution >= 0.6 is 0 Å². The van der Waals surface area contributed by atoms with E-state index in [2.05, 4.69) is 94.4 Å². The molecule has 0 fully saturated rings. The van der Waals surface area contributed by atoms with Crippen LogP contribution in [0.15, 0.2) is 91.0 Å². The third-order valence-electron chi connectivity index (χ3n) is 7.29. The summed E-state index contributed by atoms with van der Waals surface area (Å²) in [5.74, 6) is -0.211. The van der Waals surface area contributed by atoms with E-state index in [9.17, 15) is 4.39 Å². The summed E-state index contributed by atoms with van der Waals surface area (Å²) in [5.41, 5.74) is 17.4. The topological polar surface area (TPSA) is 0 Å². The maximum Gasteiger partial charge on any atom is 0.123 e. The molecule has 176 valence electrons. The molecular weight excluding hydrogens is 439 g/mol. The minimum absolute atomic E-state index is 0.211. The molecule has 0 aliphatic heterocycles. The van der Waals surface area contributed by atoms with E-state index in [4.69, 9.17) is 0 Å². The fourth-order valence-electron chi connectivity index (χ4n) is 5.99. The molecule has 0 nitrogen and oxygen atoms in total. The van der Waals surface area contributed by atoms with Crippen LogP contribution < -0.4 is 0 Å². The second-order valence-corrected chi connectivity index (χ2v) is 10.3. The van der Waals surface area contributed by atoms with E-state index < -0.39 is 0 Å². The van der Waals surface area contributed by atoms with Gasteiger partial charge in [-0.1, -0.05) is 95.1 Å². The van der Waals surface area contributed by atoms with Crippen molar-refractivity contribution in [1.82, 2.24) is 0 Å².